The molecule has 72 valence electrons. The number of nitrogen functional groups attached to an aromatic ring is 1. The number of nitrogens with one attached hydrogen (secondary N) is 1. The van der Waals surface area contributed by atoms with Gasteiger partial charge >= 0.3 is 0 Å². The van der Waals surface area contributed by atoms with Crippen LogP contribution in [0.3, 0.4) is 0 Å². The van der Waals surface area contributed by atoms with Crippen LogP contribution in [0.1, 0.15) is 13.1 Å². The molecule has 3 nitrogen and oxygen atoms in total. The number of amidine groups is 1. The lowest BCUT2D eigenvalue weighted by Gasteiger charge is -1.99. The molecule has 0 atom stereocenters. The Morgan fingerprint density at radius 2 is 1.86 bits per heavy atom. The van der Waals surface area contributed by atoms with Crippen molar-refractivity contribution in [3.05, 3.63) is 42.1 Å². The van der Waals surface area contributed by atoms with Crippen LogP contribution in [0.4, 0.5) is 0 Å². The first-order valence-corrected chi connectivity index (χ1v) is 3.97. The average molecular weight is 187 g/mol. The second-order valence-electron chi connectivity index (χ2n) is 2.80. The Balaban J connectivity index is 0.000000980. The molecule has 1 aromatic heterocycles. The molecule has 3 N–H and O–H groups in total. The number of pyridine rings is 1. The van der Waals surface area contributed by atoms with Crippen LogP contribution in [0.5, 0.6) is 0 Å². The number of para-hydroxylation sites is 1. The second kappa shape index (κ2) is 3.87. The first kappa shape index (κ1) is 10.2. The maximum Gasteiger partial charge on any atom is 0.141 e. The lowest BCUT2D eigenvalue weighted by Crippen LogP contribution is -2.12. The maximum absolute atomic E-state index is 7.23. The fraction of sp³-hybridized carbons (Fsp3) is 0.0909. The third-order valence-electron chi connectivity index (χ3n) is 1.87. The van der Waals surface area contributed by atoms with Crippen molar-refractivity contribution >= 4 is 16.7 Å². The van der Waals surface area contributed by atoms with Gasteiger partial charge in [-0.15, -0.1) is 0 Å². The molecule has 0 saturated carbocycles. The van der Waals surface area contributed by atoms with E-state index in [-0.39, 0.29) is 13.3 Å². The molecule has 0 aliphatic heterocycles. The molecule has 1 heterocycles. The molecule has 0 saturated heterocycles. The van der Waals surface area contributed by atoms with Crippen LogP contribution in [0.15, 0.2) is 36.4 Å². The van der Waals surface area contributed by atoms with Gasteiger partial charge in [-0.25, -0.2) is 4.98 Å². The SMILES string of the molecule is C.N=C(N)c1ccc2ccccc2n1. The summed E-state index contributed by atoms with van der Waals surface area (Å²) in [7, 11) is 0. The van der Waals surface area contributed by atoms with Gasteiger partial charge in [-0.3, -0.25) is 5.41 Å². The molecule has 1 aromatic carbocycles. The van der Waals surface area contributed by atoms with E-state index in [9.17, 15) is 0 Å². The van der Waals surface area contributed by atoms with Gasteiger partial charge in [0.2, 0.25) is 0 Å². The lowest BCUT2D eigenvalue weighted by molar-refractivity contribution is 1.31. The van der Waals surface area contributed by atoms with Crippen molar-refractivity contribution < 1.29 is 0 Å². The predicted molar refractivity (Wildman–Crippen MR) is 59.5 cm³/mol. The Morgan fingerprint density at radius 1 is 1.14 bits per heavy atom. The van der Waals surface area contributed by atoms with Crippen molar-refractivity contribution in [2.24, 2.45) is 5.73 Å². The number of benzene rings is 1. The normalized spacial score (nSPS) is 9.43. The largest absolute Gasteiger partial charge is 0.382 e. The van der Waals surface area contributed by atoms with E-state index in [0.29, 0.717) is 5.69 Å². The smallest absolute Gasteiger partial charge is 0.141 e. The molecule has 0 radical (unpaired) electrons. The first-order chi connectivity index (χ1) is 6.27. The zero-order chi connectivity index (χ0) is 9.26. The van der Waals surface area contributed by atoms with E-state index in [0.717, 1.165) is 10.9 Å². The highest BCUT2D eigenvalue weighted by atomic mass is 14.8. The molecule has 2 rings (SSSR count). The fourth-order valence-electron chi connectivity index (χ4n) is 1.22. The lowest BCUT2D eigenvalue weighted by atomic mass is 10.2. The van der Waals surface area contributed by atoms with E-state index in [4.69, 9.17) is 11.1 Å². The van der Waals surface area contributed by atoms with Crippen LogP contribution in [0.2, 0.25) is 0 Å². The third kappa shape index (κ3) is 1.71. The van der Waals surface area contributed by atoms with E-state index < -0.39 is 0 Å². The van der Waals surface area contributed by atoms with E-state index >= 15 is 0 Å². The minimum absolute atomic E-state index is 0. The van der Waals surface area contributed by atoms with Crippen molar-refractivity contribution in [3.63, 3.8) is 0 Å². The van der Waals surface area contributed by atoms with Gasteiger partial charge in [0.15, 0.2) is 0 Å². The summed E-state index contributed by atoms with van der Waals surface area (Å²) in [5, 5.41) is 8.29. The summed E-state index contributed by atoms with van der Waals surface area (Å²) >= 11 is 0. The van der Waals surface area contributed by atoms with Crippen LogP contribution in [0.25, 0.3) is 10.9 Å². The number of rotatable bonds is 1. The van der Waals surface area contributed by atoms with Crippen molar-refractivity contribution in [1.29, 1.82) is 5.41 Å². The number of fused-ring (bicyclic) bond motifs is 1. The van der Waals surface area contributed by atoms with Gasteiger partial charge in [-0.05, 0) is 12.1 Å². The summed E-state index contributed by atoms with van der Waals surface area (Å²) in [5.74, 6) is 0.00533. The quantitative estimate of drug-likeness (QED) is 0.530. The van der Waals surface area contributed by atoms with E-state index in [2.05, 4.69) is 4.98 Å². The van der Waals surface area contributed by atoms with Crippen LogP contribution in [-0.4, -0.2) is 10.8 Å². The van der Waals surface area contributed by atoms with Gasteiger partial charge in [0.05, 0.1) is 5.52 Å². The highest BCUT2D eigenvalue weighted by molar-refractivity contribution is 5.95. The van der Waals surface area contributed by atoms with Gasteiger partial charge < -0.3 is 5.73 Å². The van der Waals surface area contributed by atoms with Crippen LogP contribution < -0.4 is 5.73 Å². The molecule has 0 bridgehead atoms. The van der Waals surface area contributed by atoms with Gasteiger partial charge in [0.1, 0.15) is 11.5 Å². The van der Waals surface area contributed by atoms with Crippen LogP contribution >= 0.6 is 0 Å². The Bertz CT molecular complexity index is 463. The highest BCUT2D eigenvalue weighted by Gasteiger charge is 1.98. The topological polar surface area (TPSA) is 62.8 Å². The molecule has 0 unspecified atom stereocenters. The van der Waals surface area contributed by atoms with Crippen LogP contribution in [-0.2, 0) is 0 Å². The highest BCUT2D eigenvalue weighted by Crippen LogP contribution is 2.10. The first-order valence-electron chi connectivity index (χ1n) is 3.97. The standard InChI is InChI=1S/C10H9N3.CH4/c11-10(12)9-6-5-7-3-1-2-4-8(7)13-9;/h1-6H,(H3,11,12);1H4. The summed E-state index contributed by atoms with van der Waals surface area (Å²) in [6.45, 7) is 0. The fourth-order valence-corrected chi connectivity index (χ4v) is 1.22. The average Bonchev–Trinajstić information content (AvgIpc) is 2.17. The van der Waals surface area contributed by atoms with Crippen molar-refractivity contribution in [1.82, 2.24) is 4.98 Å². The molecule has 0 fully saturated rings. The third-order valence-corrected chi connectivity index (χ3v) is 1.87. The van der Waals surface area contributed by atoms with Gasteiger partial charge in [0.25, 0.3) is 0 Å². The predicted octanol–water partition coefficient (Wildman–Crippen LogP) is 2.15. The number of nitrogens with zero attached hydrogens (tertiary/aromatic N) is 1. The molecule has 14 heavy (non-hydrogen) atoms. The zero-order valence-corrected chi connectivity index (χ0v) is 6.99. The van der Waals surface area contributed by atoms with Gasteiger partial charge in [0, 0.05) is 5.39 Å². The van der Waals surface area contributed by atoms with E-state index in [1.165, 1.54) is 0 Å². The second-order valence-corrected chi connectivity index (χ2v) is 2.80. The monoisotopic (exact) mass is 187 g/mol. The summed E-state index contributed by atoms with van der Waals surface area (Å²) in [4.78, 5) is 4.23. The summed E-state index contributed by atoms with van der Waals surface area (Å²) < 4.78 is 0. The number of nitrogens with two attached hydrogens (primary N) is 1. The van der Waals surface area contributed by atoms with Crippen LogP contribution in [0, 0.1) is 5.41 Å². The molecule has 0 spiro atoms. The van der Waals surface area contributed by atoms with Gasteiger partial charge in [-0.1, -0.05) is 31.7 Å². The molecular formula is C11H13N3. The van der Waals surface area contributed by atoms with Crippen molar-refractivity contribution in [2.75, 3.05) is 0 Å². The Hall–Kier alpha value is -1.90. The minimum atomic E-state index is 0. The molecule has 0 amide bonds. The van der Waals surface area contributed by atoms with Crippen molar-refractivity contribution in [3.8, 4) is 0 Å². The molecule has 0 aliphatic rings. The minimum Gasteiger partial charge on any atom is -0.382 e. The molecule has 2 aromatic rings. The molecule has 0 aliphatic carbocycles. The van der Waals surface area contributed by atoms with Gasteiger partial charge in [-0.2, -0.15) is 0 Å². The zero-order valence-electron chi connectivity index (χ0n) is 6.99. The molecule has 3 heteroatoms. The number of aromatic nitrogens is 1. The summed E-state index contributed by atoms with van der Waals surface area (Å²) in [6, 6.07) is 11.4. The van der Waals surface area contributed by atoms with E-state index in [1.54, 1.807) is 6.07 Å². The Kier molecular flexibility index (Phi) is 2.82. The number of hydrogen-bond acceptors (Lipinski definition) is 2. The number of hydrogen-bond donors (Lipinski definition) is 2. The summed E-state index contributed by atoms with van der Waals surface area (Å²) in [5.41, 5.74) is 6.72. The Morgan fingerprint density at radius 3 is 2.57 bits per heavy atom. The Labute approximate surface area is 83.1 Å². The van der Waals surface area contributed by atoms with E-state index in [1.807, 2.05) is 30.3 Å². The summed E-state index contributed by atoms with van der Waals surface area (Å²) in [6.07, 6.45) is 0. The van der Waals surface area contributed by atoms with Crippen molar-refractivity contribution in [2.45, 2.75) is 7.43 Å². The maximum atomic E-state index is 7.23. The molecular weight excluding hydrogens is 174 g/mol.